The molecule has 1 aliphatic heterocycles. The minimum atomic E-state index is -4.29. The van der Waals surface area contributed by atoms with Crippen molar-refractivity contribution in [2.45, 2.75) is 24.2 Å². The second-order valence-electron chi connectivity index (χ2n) is 6.56. The van der Waals surface area contributed by atoms with Crippen LogP contribution in [-0.4, -0.2) is 48.9 Å². The van der Waals surface area contributed by atoms with E-state index < -0.39 is 48.5 Å². The summed E-state index contributed by atoms with van der Waals surface area (Å²) in [7, 11) is -3.25. The Labute approximate surface area is 148 Å². The van der Waals surface area contributed by atoms with E-state index in [0.717, 1.165) is 17.5 Å². The molecule has 142 valence electrons. The molecule has 2 atom stereocenters. The molecule has 9 nitrogen and oxygen atoms in total. The van der Waals surface area contributed by atoms with Crippen molar-refractivity contribution in [3.63, 3.8) is 0 Å². The Morgan fingerprint density at radius 3 is 2.73 bits per heavy atom. The third-order valence-electron chi connectivity index (χ3n) is 5.30. The topological polar surface area (TPSA) is 127 Å². The van der Waals surface area contributed by atoms with Crippen LogP contribution in [0, 0.1) is 27.3 Å². The number of hydrogen-bond acceptors (Lipinski definition) is 6. The van der Waals surface area contributed by atoms with Gasteiger partial charge in [-0.15, -0.1) is 0 Å². The fraction of sp³-hybridized carbons (Fsp3) is 0.533. The number of nitro benzene ring substituents is 1. The van der Waals surface area contributed by atoms with Crippen LogP contribution >= 0.6 is 0 Å². The number of fused-ring (bicyclic) bond motifs is 1. The van der Waals surface area contributed by atoms with Gasteiger partial charge >= 0.3 is 11.7 Å². The number of nitrogens with zero attached hydrogens (tertiary/aromatic N) is 2. The van der Waals surface area contributed by atoms with Gasteiger partial charge in [-0.2, -0.15) is 4.31 Å². The van der Waals surface area contributed by atoms with Gasteiger partial charge in [-0.05, 0) is 24.8 Å². The average molecular weight is 388 g/mol. The minimum absolute atomic E-state index is 0.00389. The van der Waals surface area contributed by atoms with E-state index >= 15 is 0 Å². The van der Waals surface area contributed by atoms with E-state index in [-0.39, 0.29) is 19.0 Å². The number of ether oxygens (including phenoxy) is 1. The maximum atomic E-state index is 14.1. The fourth-order valence-electron chi connectivity index (χ4n) is 3.97. The highest BCUT2D eigenvalue weighted by Gasteiger charge is 2.57. The number of benzene rings is 1. The Kier molecular flexibility index (Phi) is 4.39. The predicted molar refractivity (Wildman–Crippen MR) is 85.8 cm³/mol. The Morgan fingerprint density at radius 1 is 1.50 bits per heavy atom. The molecule has 2 aliphatic rings. The molecule has 0 spiro atoms. The first kappa shape index (κ1) is 18.5. The van der Waals surface area contributed by atoms with Crippen LogP contribution in [0.5, 0.6) is 5.75 Å². The van der Waals surface area contributed by atoms with E-state index in [4.69, 9.17) is 0 Å². The zero-order chi connectivity index (χ0) is 19.3. The first-order valence-corrected chi connectivity index (χ1v) is 9.33. The molecule has 0 aromatic heterocycles. The Bertz CT molecular complexity index is 888. The lowest BCUT2D eigenvalue weighted by Crippen LogP contribution is -2.37. The molecule has 1 aromatic rings. The molecule has 26 heavy (non-hydrogen) atoms. The lowest BCUT2D eigenvalue weighted by molar-refractivity contribution is -0.386. The number of carboxylic acid groups (broad SMARTS) is 1. The predicted octanol–water partition coefficient (Wildman–Crippen LogP) is 1.62. The van der Waals surface area contributed by atoms with Crippen molar-refractivity contribution >= 4 is 21.7 Å². The molecule has 1 N–H and O–H groups in total. The Balaban J connectivity index is 2.02. The minimum Gasteiger partial charge on any atom is -0.488 e. The summed E-state index contributed by atoms with van der Waals surface area (Å²) in [6, 6.07) is 1.39. The zero-order valence-corrected chi connectivity index (χ0v) is 14.7. The highest BCUT2D eigenvalue weighted by Crippen LogP contribution is 2.50. The number of carboxylic acids is 1. The number of hydrogen-bond donors (Lipinski definition) is 1. The summed E-state index contributed by atoms with van der Waals surface area (Å²) >= 11 is 0. The molecule has 0 unspecified atom stereocenters. The van der Waals surface area contributed by atoms with Crippen molar-refractivity contribution in [3.05, 3.63) is 28.1 Å². The molecule has 1 aliphatic carbocycles. The first-order chi connectivity index (χ1) is 12.1. The quantitative estimate of drug-likeness (QED) is 0.600. The van der Waals surface area contributed by atoms with Crippen molar-refractivity contribution in [1.82, 2.24) is 4.31 Å². The van der Waals surface area contributed by atoms with Crippen molar-refractivity contribution in [1.29, 1.82) is 0 Å². The summed E-state index contributed by atoms with van der Waals surface area (Å²) in [5, 5.41) is 20.7. The van der Waals surface area contributed by atoms with Gasteiger partial charge < -0.3 is 9.84 Å². The lowest BCUT2D eigenvalue weighted by atomic mass is 9.81. The highest BCUT2D eigenvalue weighted by atomic mass is 32.2. The van der Waals surface area contributed by atoms with Gasteiger partial charge in [0.1, 0.15) is 0 Å². The molecule has 0 bridgehead atoms. The maximum absolute atomic E-state index is 14.1. The standard InChI is InChI=1S/C15H17FN2O7S/c1-25-13-11(16)5-10(6-12(13)18(21)22)26(23,24)17-7-9-3-2-4-15(9,8-17)14(19)20/h5-6,9H,2-4,7-8H2,1H3,(H,19,20)/t9-,15+/m0/s1. The van der Waals surface area contributed by atoms with Crippen LogP contribution in [0.15, 0.2) is 17.0 Å². The number of halogens is 1. The number of methoxy groups -OCH3 is 1. The second kappa shape index (κ2) is 6.16. The van der Waals surface area contributed by atoms with Gasteiger partial charge in [0.05, 0.1) is 22.3 Å². The summed E-state index contributed by atoms with van der Waals surface area (Å²) in [6.07, 6.45) is 1.67. The normalized spacial score (nSPS) is 25.8. The van der Waals surface area contributed by atoms with Crippen LogP contribution in [0.2, 0.25) is 0 Å². The Hall–Kier alpha value is -2.27. The summed E-state index contributed by atoms with van der Waals surface area (Å²) in [4.78, 5) is 21.3. The molecule has 3 rings (SSSR count). The van der Waals surface area contributed by atoms with Gasteiger partial charge in [0, 0.05) is 19.2 Å². The van der Waals surface area contributed by atoms with Crippen LogP contribution in [0.1, 0.15) is 19.3 Å². The van der Waals surface area contributed by atoms with Gasteiger partial charge in [0.25, 0.3) is 0 Å². The van der Waals surface area contributed by atoms with Crippen LogP contribution in [0.3, 0.4) is 0 Å². The van der Waals surface area contributed by atoms with Gasteiger partial charge in [0.2, 0.25) is 15.8 Å². The molecule has 0 amide bonds. The zero-order valence-electron chi connectivity index (χ0n) is 13.8. The SMILES string of the molecule is COc1c(F)cc(S(=O)(=O)N2C[C@@H]3CCC[C@@]3(C(=O)O)C2)cc1[N+](=O)[O-]. The second-order valence-corrected chi connectivity index (χ2v) is 8.50. The molecule has 0 radical (unpaired) electrons. The number of rotatable bonds is 5. The maximum Gasteiger partial charge on any atom is 0.315 e. The summed E-state index contributed by atoms with van der Waals surface area (Å²) in [5.41, 5.74) is -1.96. The molecule has 1 saturated carbocycles. The Morgan fingerprint density at radius 2 is 2.19 bits per heavy atom. The third kappa shape index (κ3) is 2.62. The molecule has 1 heterocycles. The largest absolute Gasteiger partial charge is 0.488 e. The van der Waals surface area contributed by atoms with Crippen LogP contribution < -0.4 is 4.74 Å². The number of aliphatic carboxylic acids is 1. The van der Waals surface area contributed by atoms with Gasteiger partial charge in [-0.25, -0.2) is 12.8 Å². The third-order valence-corrected chi connectivity index (χ3v) is 7.09. The molecular weight excluding hydrogens is 371 g/mol. The van der Waals surface area contributed by atoms with Gasteiger partial charge in [0.15, 0.2) is 5.82 Å². The van der Waals surface area contributed by atoms with E-state index in [1.54, 1.807) is 0 Å². The average Bonchev–Trinajstić information content (AvgIpc) is 3.12. The summed E-state index contributed by atoms with van der Waals surface area (Å²) in [6.45, 7) is -0.229. The van der Waals surface area contributed by atoms with E-state index in [0.29, 0.717) is 25.3 Å². The molecule has 2 fully saturated rings. The van der Waals surface area contributed by atoms with Crippen LogP contribution in [0.25, 0.3) is 0 Å². The fourth-order valence-corrected chi connectivity index (χ4v) is 5.55. The first-order valence-electron chi connectivity index (χ1n) is 7.89. The van der Waals surface area contributed by atoms with Crippen molar-refractivity contribution in [3.8, 4) is 5.75 Å². The van der Waals surface area contributed by atoms with Crippen LogP contribution in [0.4, 0.5) is 10.1 Å². The lowest BCUT2D eigenvalue weighted by Gasteiger charge is -2.23. The summed E-state index contributed by atoms with van der Waals surface area (Å²) < 4.78 is 45.5. The van der Waals surface area contributed by atoms with E-state index in [9.17, 15) is 32.8 Å². The van der Waals surface area contributed by atoms with E-state index in [1.165, 1.54) is 0 Å². The van der Waals surface area contributed by atoms with E-state index in [1.807, 2.05) is 0 Å². The number of sulfonamides is 1. The van der Waals surface area contributed by atoms with Crippen molar-refractivity contribution in [2.75, 3.05) is 20.2 Å². The molecule has 1 saturated heterocycles. The highest BCUT2D eigenvalue weighted by molar-refractivity contribution is 7.89. The molecule has 1 aromatic carbocycles. The van der Waals surface area contributed by atoms with Crippen molar-refractivity contribution in [2.24, 2.45) is 11.3 Å². The monoisotopic (exact) mass is 388 g/mol. The van der Waals surface area contributed by atoms with E-state index in [2.05, 4.69) is 4.74 Å². The molecule has 11 heteroatoms. The van der Waals surface area contributed by atoms with Gasteiger partial charge in [-0.3, -0.25) is 14.9 Å². The van der Waals surface area contributed by atoms with Crippen molar-refractivity contribution < 1.29 is 32.4 Å². The summed E-state index contributed by atoms with van der Waals surface area (Å²) in [5.74, 6) is -3.21. The number of carbonyl (C=O) groups is 1. The smallest absolute Gasteiger partial charge is 0.315 e. The molecular formula is C15H17FN2O7S. The van der Waals surface area contributed by atoms with Gasteiger partial charge in [-0.1, -0.05) is 6.42 Å². The number of nitro groups is 1. The van der Waals surface area contributed by atoms with Crippen LogP contribution in [-0.2, 0) is 14.8 Å².